The highest BCUT2D eigenvalue weighted by atomic mass is 35.5. The van der Waals surface area contributed by atoms with Crippen LogP contribution in [0, 0.1) is 0 Å². The SMILES string of the molecule is CCNC(CC)c1ccccc1Sc1ccccc1Cl. The molecule has 1 atom stereocenters. The Morgan fingerprint density at radius 3 is 2.30 bits per heavy atom. The van der Waals surface area contributed by atoms with Crippen LogP contribution in [-0.4, -0.2) is 6.54 Å². The predicted molar refractivity (Wildman–Crippen MR) is 88.7 cm³/mol. The molecule has 0 heterocycles. The molecule has 2 rings (SSSR count). The van der Waals surface area contributed by atoms with Crippen molar-refractivity contribution in [2.45, 2.75) is 36.1 Å². The lowest BCUT2D eigenvalue weighted by molar-refractivity contribution is 0.530. The van der Waals surface area contributed by atoms with Gasteiger partial charge in [0, 0.05) is 15.8 Å². The molecule has 0 bridgehead atoms. The summed E-state index contributed by atoms with van der Waals surface area (Å²) in [6.07, 6.45) is 1.08. The van der Waals surface area contributed by atoms with Gasteiger partial charge in [-0.25, -0.2) is 0 Å². The first kappa shape index (κ1) is 15.4. The van der Waals surface area contributed by atoms with Crippen LogP contribution < -0.4 is 5.32 Å². The van der Waals surface area contributed by atoms with E-state index in [2.05, 4.69) is 49.5 Å². The summed E-state index contributed by atoms with van der Waals surface area (Å²) in [7, 11) is 0. The second-order valence-electron chi connectivity index (χ2n) is 4.59. The van der Waals surface area contributed by atoms with Gasteiger partial charge in [0.25, 0.3) is 0 Å². The highest BCUT2D eigenvalue weighted by Gasteiger charge is 2.13. The summed E-state index contributed by atoms with van der Waals surface area (Å²) in [5, 5.41) is 4.35. The Kier molecular flexibility index (Phi) is 5.96. The van der Waals surface area contributed by atoms with Gasteiger partial charge in [-0.2, -0.15) is 0 Å². The molecule has 106 valence electrons. The van der Waals surface area contributed by atoms with Crippen LogP contribution in [0.3, 0.4) is 0 Å². The minimum absolute atomic E-state index is 0.395. The number of hydrogen-bond acceptors (Lipinski definition) is 2. The molecule has 0 aromatic heterocycles. The van der Waals surface area contributed by atoms with Gasteiger partial charge < -0.3 is 5.32 Å². The molecule has 0 amide bonds. The minimum atomic E-state index is 0.395. The minimum Gasteiger partial charge on any atom is -0.310 e. The van der Waals surface area contributed by atoms with E-state index in [9.17, 15) is 0 Å². The maximum atomic E-state index is 6.26. The molecule has 0 spiro atoms. The number of halogens is 1. The molecular weight excluding hydrogens is 286 g/mol. The molecule has 20 heavy (non-hydrogen) atoms. The zero-order chi connectivity index (χ0) is 14.4. The van der Waals surface area contributed by atoms with Gasteiger partial charge in [0.15, 0.2) is 0 Å². The quantitative estimate of drug-likeness (QED) is 0.750. The zero-order valence-corrected chi connectivity index (χ0v) is 13.5. The second kappa shape index (κ2) is 7.72. The van der Waals surface area contributed by atoms with Crippen molar-refractivity contribution in [1.29, 1.82) is 0 Å². The fourth-order valence-electron chi connectivity index (χ4n) is 2.23. The van der Waals surface area contributed by atoms with Crippen molar-refractivity contribution in [3.05, 3.63) is 59.1 Å². The van der Waals surface area contributed by atoms with Gasteiger partial charge in [0.1, 0.15) is 0 Å². The van der Waals surface area contributed by atoms with Crippen molar-refractivity contribution < 1.29 is 0 Å². The molecule has 0 fully saturated rings. The van der Waals surface area contributed by atoms with Crippen LogP contribution in [0.2, 0.25) is 5.02 Å². The number of hydrogen-bond donors (Lipinski definition) is 1. The van der Waals surface area contributed by atoms with E-state index < -0.39 is 0 Å². The van der Waals surface area contributed by atoms with E-state index in [-0.39, 0.29) is 0 Å². The average Bonchev–Trinajstić information content (AvgIpc) is 2.48. The number of nitrogens with one attached hydrogen (secondary N) is 1. The van der Waals surface area contributed by atoms with Crippen LogP contribution >= 0.6 is 23.4 Å². The molecule has 0 saturated heterocycles. The lowest BCUT2D eigenvalue weighted by atomic mass is 10.0. The first-order chi connectivity index (χ1) is 9.76. The first-order valence-corrected chi connectivity index (χ1v) is 8.20. The summed E-state index contributed by atoms with van der Waals surface area (Å²) in [5.74, 6) is 0. The zero-order valence-electron chi connectivity index (χ0n) is 11.9. The average molecular weight is 306 g/mol. The van der Waals surface area contributed by atoms with E-state index >= 15 is 0 Å². The molecule has 0 saturated carbocycles. The molecular formula is C17H20ClNS. The lowest BCUT2D eigenvalue weighted by Gasteiger charge is -2.19. The van der Waals surface area contributed by atoms with Crippen molar-refractivity contribution in [2.75, 3.05) is 6.54 Å². The highest BCUT2D eigenvalue weighted by molar-refractivity contribution is 7.99. The van der Waals surface area contributed by atoms with Gasteiger partial charge in [-0.05, 0) is 36.7 Å². The van der Waals surface area contributed by atoms with E-state index in [1.807, 2.05) is 18.2 Å². The summed E-state index contributed by atoms with van der Waals surface area (Å²) in [4.78, 5) is 2.38. The molecule has 2 aromatic rings. The van der Waals surface area contributed by atoms with E-state index in [1.165, 1.54) is 10.5 Å². The first-order valence-electron chi connectivity index (χ1n) is 7.01. The Morgan fingerprint density at radius 1 is 1.00 bits per heavy atom. The van der Waals surface area contributed by atoms with Crippen LogP contribution in [0.5, 0.6) is 0 Å². The fraction of sp³-hybridized carbons (Fsp3) is 0.294. The van der Waals surface area contributed by atoms with Gasteiger partial charge in [-0.1, -0.05) is 67.5 Å². The highest BCUT2D eigenvalue weighted by Crippen LogP contribution is 2.37. The summed E-state index contributed by atoms with van der Waals surface area (Å²) < 4.78 is 0. The third-order valence-electron chi connectivity index (χ3n) is 3.21. The Balaban J connectivity index is 2.30. The molecule has 0 aliphatic carbocycles. The molecule has 1 nitrogen and oxygen atoms in total. The maximum absolute atomic E-state index is 6.26. The molecule has 0 aliphatic heterocycles. The van der Waals surface area contributed by atoms with Crippen LogP contribution in [0.25, 0.3) is 0 Å². The van der Waals surface area contributed by atoms with Crippen molar-refractivity contribution >= 4 is 23.4 Å². The fourth-order valence-corrected chi connectivity index (χ4v) is 3.50. The van der Waals surface area contributed by atoms with Crippen molar-refractivity contribution in [3.8, 4) is 0 Å². The van der Waals surface area contributed by atoms with Crippen LogP contribution in [-0.2, 0) is 0 Å². The van der Waals surface area contributed by atoms with Crippen molar-refractivity contribution in [1.82, 2.24) is 5.32 Å². The van der Waals surface area contributed by atoms with E-state index in [0.29, 0.717) is 6.04 Å². The summed E-state index contributed by atoms with van der Waals surface area (Å²) in [6, 6.07) is 17.0. The topological polar surface area (TPSA) is 12.0 Å². The monoisotopic (exact) mass is 305 g/mol. The van der Waals surface area contributed by atoms with Gasteiger partial charge >= 0.3 is 0 Å². The van der Waals surface area contributed by atoms with Gasteiger partial charge in [-0.3, -0.25) is 0 Å². The molecule has 0 radical (unpaired) electrons. The Hall–Kier alpha value is -0.960. The normalized spacial score (nSPS) is 12.3. The Bertz CT molecular complexity index is 556. The molecule has 3 heteroatoms. The van der Waals surface area contributed by atoms with E-state index in [0.717, 1.165) is 22.9 Å². The largest absolute Gasteiger partial charge is 0.310 e. The lowest BCUT2D eigenvalue weighted by Crippen LogP contribution is -2.20. The van der Waals surface area contributed by atoms with Gasteiger partial charge in [0.05, 0.1) is 5.02 Å². The molecule has 1 N–H and O–H groups in total. The Morgan fingerprint density at radius 2 is 1.65 bits per heavy atom. The van der Waals surface area contributed by atoms with Gasteiger partial charge in [0.2, 0.25) is 0 Å². The predicted octanol–water partition coefficient (Wildman–Crippen LogP) is 5.55. The molecule has 1 unspecified atom stereocenters. The summed E-state index contributed by atoms with van der Waals surface area (Å²) in [5.41, 5.74) is 1.35. The summed E-state index contributed by atoms with van der Waals surface area (Å²) >= 11 is 8.00. The van der Waals surface area contributed by atoms with Crippen LogP contribution in [0.1, 0.15) is 31.9 Å². The maximum Gasteiger partial charge on any atom is 0.0545 e. The molecule has 2 aromatic carbocycles. The van der Waals surface area contributed by atoms with Crippen molar-refractivity contribution in [3.63, 3.8) is 0 Å². The third-order valence-corrected chi connectivity index (χ3v) is 4.82. The van der Waals surface area contributed by atoms with Crippen molar-refractivity contribution in [2.24, 2.45) is 0 Å². The number of benzene rings is 2. The Labute approximate surface area is 130 Å². The van der Waals surface area contributed by atoms with Crippen LogP contribution in [0.4, 0.5) is 0 Å². The van der Waals surface area contributed by atoms with E-state index in [4.69, 9.17) is 11.6 Å². The van der Waals surface area contributed by atoms with E-state index in [1.54, 1.807) is 11.8 Å². The molecule has 0 aliphatic rings. The standard InChI is InChI=1S/C17H20ClNS/c1-3-15(19-4-2)13-9-5-7-11-16(13)20-17-12-8-6-10-14(17)18/h5-12,15,19H,3-4H2,1-2H3. The smallest absolute Gasteiger partial charge is 0.0545 e. The van der Waals surface area contributed by atoms with Crippen LogP contribution in [0.15, 0.2) is 58.3 Å². The third kappa shape index (κ3) is 3.78. The number of rotatable bonds is 6. The second-order valence-corrected chi connectivity index (χ2v) is 6.08. The van der Waals surface area contributed by atoms with Gasteiger partial charge in [-0.15, -0.1) is 0 Å². The summed E-state index contributed by atoms with van der Waals surface area (Å²) in [6.45, 7) is 5.33.